The van der Waals surface area contributed by atoms with E-state index in [1.807, 2.05) is 81.6 Å². The minimum absolute atomic E-state index is 0.145. The molecule has 0 saturated heterocycles. The first-order chi connectivity index (χ1) is 20.0. The van der Waals surface area contributed by atoms with Crippen molar-refractivity contribution in [3.8, 4) is 0 Å². The summed E-state index contributed by atoms with van der Waals surface area (Å²) in [6, 6.07) is 12.8. The van der Waals surface area contributed by atoms with Gasteiger partial charge in [-0.1, -0.05) is 89.1 Å². The number of aromatic nitrogens is 1. The van der Waals surface area contributed by atoms with Crippen LogP contribution in [0.25, 0.3) is 10.9 Å². The summed E-state index contributed by atoms with van der Waals surface area (Å²) in [5.41, 5.74) is 8.92. The van der Waals surface area contributed by atoms with Gasteiger partial charge in [-0.15, -0.1) is 0 Å². The van der Waals surface area contributed by atoms with Crippen LogP contribution in [0.3, 0.4) is 0 Å². The highest BCUT2D eigenvalue weighted by Gasteiger charge is 2.33. The Balaban J connectivity index is 1.77. The predicted molar refractivity (Wildman–Crippen MR) is 162 cm³/mol. The lowest BCUT2D eigenvalue weighted by Gasteiger charge is -2.28. The fourth-order valence-corrected chi connectivity index (χ4v) is 4.85. The molecule has 3 amide bonds. The highest BCUT2D eigenvalue weighted by atomic mass is 16.4. The molecule has 3 aromatic rings. The zero-order chi connectivity index (χ0) is 30.8. The van der Waals surface area contributed by atoms with Crippen LogP contribution in [0.5, 0.6) is 0 Å². The first kappa shape index (κ1) is 32.3. The molecule has 0 fully saturated rings. The van der Waals surface area contributed by atoms with Gasteiger partial charge in [0.1, 0.15) is 18.1 Å². The van der Waals surface area contributed by atoms with Crippen LogP contribution in [0.4, 0.5) is 0 Å². The Morgan fingerprint density at radius 1 is 0.786 bits per heavy atom. The Morgan fingerprint density at radius 3 is 2.02 bits per heavy atom. The van der Waals surface area contributed by atoms with Gasteiger partial charge in [0.2, 0.25) is 17.7 Å². The zero-order valence-corrected chi connectivity index (χ0v) is 24.7. The minimum Gasteiger partial charge on any atom is -0.480 e. The molecule has 0 saturated carbocycles. The van der Waals surface area contributed by atoms with E-state index in [1.54, 1.807) is 6.92 Å². The summed E-state index contributed by atoms with van der Waals surface area (Å²) in [5, 5.41) is 18.9. The highest BCUT2D eigenvalue weighted by Crippen LogP contribution is 2.19. The molecule has 0 bridgehead atoms. The fraction of sp³-hybridized carbons (Fsp3) is 0.438. The number of H-pyrrole nitrogens is 1. The molecule has 2 aromatic carbocycles. The molecular weight excluding hydrogens is 534 g/mol. The molecule has 10 heteroatoms. The molecule has 0 aliphatic heterocycles. The summed E-state index contributed by atoms with van der Waals surface area (Å²) >= 11 is 0. The normalized spacial score (nSPS) is 15.5. The number of carboxylic acid groups (broad SMARTS) is 1. The molecule has 0 aliphatic rings. The lowest BCUT2D eigenvalue weighted by atomic mass is 9.95. The number of fused-ring (bicyclic) bond motifs is 1. The number of hydrogen-bond donors (Lipinski definition) is 6. The van der Waals surface area contributed by atoms with Crippen molar-refractivity contribution in [1.82, 2.24) is 20.9 Å². The number of nitrogens with one attached hydrogen (secondary N) is 4. The number of nitrogens with two attached hydrogens (primary N) is 1. The van der Waals surface area contributed by atoms with Crippen molar-refractivity contribution in [3.63, 3.8) is 0 Å². The lowest BCUT2D eigenvalue weighted by molar-refractivity contribution is -0.143. The third kappa shape index (κ3) is 8.42. The lowest BCUT2D eigenvalue weighted by Crippen LogP contribution is -2.59. The number of carbonyl (C=O) groups is 4. The van der Waals surface area contributed by atoms with E-state index in [0.29, 0.717) is 12.8 Å². The van der Waals surface area contributed by atoms with Crippen LogP contribution in [-0.2, 0) is 32.0 Å². The molecule has 3 rings (SSSR count). The number of para-hydroxylation sites is 1. The number of carbonyl (C=O) groups excluding carboxylic acids is 3. The summed E-state index contributed by atoms with van der Waals surface area (Å²) in [7, 11) is 0. The molecule has 0 radical (unpaired) electrons. The quantitative estimate of drug-likeness (QED) is 0.162. The Kier molecular flexibility index (Phi) is 11.7. The number of amides is 3. The molecule has 6 atom stereocenters. The zero-order valence-electron chi connectivity index (χ0n) is 24.7. The molecule has 10 nitrogen and oxygen atoms in total. The SMILES string of the molecule is CCC(C)C(NC(=O)C(Cc1ccccc1)NC(=O)C(NC(=O)C(N)Cc1c[nH]c2ccccc12)C(C)CC)C(=O)O. The standard InChI is InChI=1S/C32H43N5O5/c1-5-19(3)27(36-29(38)24(33)17-22-18-34-25-15-11-10-14-23(22)25)31(40)35-26(16-21-12-8-7-9-13-21)30(39)37-28(32(41)42)20(4)6-2/h7-15,18-20,24,26-28,34H,5-6,16-17,33H2,1-4H3,(H,35,40)(H,36,38)(H,37,39)(H,41,42). The van der Waals surface area contributed by atoms with E-state index in [-0.39, 0.29) is 24.7 Å². The summed E-state index contributed by atoms with van der Waals surface area (Å²) in [5.74, 6) is -3.34. The fourth-order valence-electron chi connectivity index (χ4n) is 4.85. The number of benzene rings is 2. The average Bonchev–Trinajstić information content (AvgIpc) is 3.40. The van der Waals surface area contributed by atoms with Crippen LogP contribution < -0.4 is 21.7 Å². The van der Waals surface area contributed by atoms with Crippen molar-refractivity contribution in [1.29, 1.82) is 0 Å². The van der Waals surface area contributed by atoms with Gasteiger partial charge >= 0.3 is 5.97 Å². The summed E-state index contributed by atoms with van der Waals surface area (Å²) in [6.45, 7) is 7.34. The smallest absolute Gasteiger partial charge is 0.326 e. The average molecular weight is 578 g/mol. The van der Waals surface area contributed by atoms with E-state index in [1.165, 1.54) is 0 Å². The number of carboxylic acids is 1. The summed E-state index contributed by atoms with van der Waals surface area (Å²) in [4.78, 5) is 55.3. The highest BCUT2D eigenvalue weighted by molar-refractivity contribution is 5.94. The van der Waals surface area contributed by atoms with Gasteiger partial charge in [0, 0.05) is 23.5 Å². The maximum atomic E-state index is 13.6. The van der Waals surface area contributed by atoms with Crippen molar-refractivity contribution >= 4 is 34.6 Å². The van der Waals surface area contributed by atoms with Crippen molar-refractivity contribution in [2.24, 2.45) is 17.6 Å². The van der Waals surface area contributed by atoms with E-state index in [9.17, 15) is 24.3 Å². The molecule has 6 unspecified atom stereocenters. The van der Waals surface area contributed by atoms with Crippen molar-refractivity contribution in [3.05, 3.63) is 71.9 Å². The van der Waals surface area contributed by atoms with Gasteiger partial charge in [-0.25, -0.2) is 4.79 Å². The maximum absolute atomic E-state index is 13.6. The molecule has 1 aromatic heterocycles. The Bertz CT molecular complexity index is 1360. The first-order valence-electron chi connectivity index (χ1n) is 14.5. The number of aliphatic carboxylic acids is 1. The topological polar surface area (TPSA) is 166 Å². The largest absolute Gasteiger partial charge is 0.480 e. The van der Waals surface area contributed by atoms with Gasteiger partial charge in [-0.3, -0.25) is 14.4 Å². The van der Waals surface area contributed by atoms with Gasteiger partial charge in [-0.05, 0) is 35.4 Å². The van der Waals surface area contributed by atoms with Crippen LogP contribution in [0.2, 0.25) is 0 Å². The molecule has 1 heterocycles. The van der Waals surface area contributed by atoms with Gasteiger partial charge in [-0.2, -0.15) is 0 Å². The van der Waals surface area contributed by atoms with E-state index in [4.69, 9.17) is 5.73 Å². The summed E-state index contributed by atoms with van der Waals surface area (Å²) in [6.07, 6.45) is 3.38. The Hall–Kier alpha value is -4.18. The van der Waals surface area contributed by atoms with Crippen LogP contribution in [0.15, 0.2) is 60.8 Å². The van der Waals surface area contributed by atoms with E-state index < -0.39 is 47.9 Å². The van der Waals surface area contributed by atoms with E-state index in [0.717, 1.165) is 22.0 Å². The van der Waals surface area contributed by atoms with Crippen LogP contribution in [0, 0.1) is 11.8 Å². The summed E-state index contributed by atoms with van der Waals surface area (Å²) < 4.78 is 0. The second-order valence-corrected chi connectivity index (χ2v) is 11.0. The molecule has 7 N–H and O–H groups in total. The Labute approximate surface area is 246 Å². The number of aromatic amines is 1. The predicted octanol–water partition coefficient (Wildman–Crippen LogP) is 2.91. The third-order valence-electron chi connectivity index (χ3n) is 7.94. The maximum Gasteiger partial charge on any atom is 0.326 e. The van der Waals surface area contributed by atoms with E-state index >= 15 is 0 Å². The van der Waals surface area contributed by atoms with Crippen molar-refractivity contribution < 1.29 is 24.3 Å². The molecule has 0 spiro atoms. The number of hydrogen-bond acceptors (Lipinski definition) is 5. The molecular formula is C32H43N5O5. The van der Waals surface area contributed by atoms with Crippen LogP contribution in [0.1, 0.15) is 51.7 Å². The van der Waals surface area contributed by atoms with Crippen LogP contribution >= 0.6 is 0 Å². The molecule has 42 heavy (non-hydrogen) atoms. The van der Waals surface area contributed by atoms with E-state index in [2.05, 4.69) is 20.9 Å². The van der Waals surface area contributed by atoms with Crippen LogP contribution in [-0.4, -0.2) is 57.9 Å². The second-order valence-electron chi connectivity index (χ2n) is 11.0. The first-order valence-corrected chi connectivity index (χ1v) is 14.5. The van der Waals surface area contributed by atoms with Crippen molar-refractivity contribution in [2.75, 3.05) is 0 Å². The molecule has 0 aliphatic carbocycles. The molecule has 226 valence electrons. The second kappa shape index (κ2) is 15.2. The van der Waals surface area contributed by atoms with Gasteiger partial charge in [0.25, 0.3) is 0 Å². The van der Waals surface area contributed by atoms with Crippen molar-refractivity contribution in [2.45, 2.75) is 77.5 Å². The van der Waals surface area contributed by atoms with Gasteiger partial charge in [0.05, 0.1) is 6.04 Å². The third-order valence-corrected chi connectivity index (χ3v) is 7.94. The monoisotopic (exact) mass is 577 g/mol. The number of rotatable bonds is 15. The Morgan fingerprint density at radius 2 is 1.38 bits per heavy atom. The minimum atomic E-state index is -1.14. The van der Waals surface area contributed by atoms with Gasteiger partial charge < -0.3 is 31.8 Å². The van der Waals surface area contributed by atoms with Gasteiger partial charge in [0.15, 0.2) is 0 Å².